The highest BCUT2D eigenvalue weighted by Gasteiger charge is 2.50. The zero-order chi connectivity index (χ0) is 99.5. The number of benzene rings is 6. The average molecular weight is 1390 g/mol. The molecule has 516 valence electrons. The maximum atomic E-state index is 9.61. The Morgan fingerprint density at radius 1 is 0.447 bits per heavy atom. The van der Waals surface area contributed by atoms with Gasteiger partial charge in [-0.05, 0) is 164 Å². The van der Waals surface area contributed by atoms with E-state index in [0.717, 1.165) is 70.6 Å². The molecule has 0 amide bonds. The van der Waals surface area contributed by atoms with E-state index in [-0.39, 0.29) is 67.0 Å². The van der Waals surface area contributed by atoms with Crippen LogP contribution in [0.3, 0.4) is 0 Å². The average Bonchev–Trinajstić information content (AvgIpc) is 1.51. The van der Waals surface area contributed by atoms with Crippen LogP contribution in [0.4, 0.5) is 0 Å². The number of rotatable bonds is 9. The van der Waals surface area contributed by atoms with Gasteiger partial charge in [0, 0.05) is 145 Å². The van der Waals surface area contributed by atoms with Gasteiger partial charge in [-0.3, -0.25) is 0 Å². The van der Waals surface area contributed by atoms with Crippen LogP contribution in [0.25, 0.3) is 133 Å². The standard InChI is InChI=1S/C34H37N2O.C32H33N2O.C28H25N2O/c1-20(2)17-34(18-21(3)4)28-11-9-8-10-24(28)26-16-27-25-14-13-23(6)30(29-15-12-22(5)19-36(29)7)31(25)37-33(27)35-32(26)34;1-18(2)32(19(3)4)26-11-9-8-10-22(26)24-16-25-23-14-13-21(6)28(27-15-12-20(5)17-34(27)7)29(23)35-31(25)33-30(24)32;1-16-10-13-22(30(5)15-16)23-17(2)11-12-19-24-25-20(14-29-27(24)31-26(19)23)18-8-6-7-9-21(18)28(25,3)4/h8-16,19-21H,17-18H2,1-7H3;8-19H,1-7H3;6-15H,1-5H3/q3*+1/i1D3,3D3,5D3,17D2,18D2,20D,21D;1D3,2D3,3D3,5D3,18D,19D;1D3. The lowest BCUT2D eigenvalue weighted by atomic mass is 9.64. The quantitative estimate of drug-likeness (QED) is 0.134. The van der Waals surface area contributed by atoms with Gasteiger partial charge in [-0.1, -0.05) is 178 Å². The number of fused-ring (bicyclic) bond motifs is 19. The summed E-state index contributed by atoms with van der Waals surface area (Å²) < 4.78 is 296. The molecular weight excluding hydrogens is 1260 g/mol. The zero-order valence-electron chi connectivity index (χ0n) is 90.7. The SMILES string of the molecule is [2H]C([2H])([2H])c1ccc(-c2c(C)ccc3c2oc2nc4c(cc23)-c2ccccc2C4(C([2H])(C)C([2H])([2H])[2H])C([2H])(C([2H])([2H])[2H])C([2H])([2H])[2H])[n+](C)c1.[2H]C([2H])([2H])c1ccc(-c2c(C)ccc3c2oc2nc4c(cc23)-c2ccccc2C4(C([2H])([2H])C([2H])(C)C([2H])([2H])[2H])C([2H])([2H])C([2H])(C)C([2H])([2H])[2H])[n+](C)c1.[2H]C([2H])([2H])c1ccc(-c2c(C)ccc3c2oc2ncc4c(c23)C(C)(C)c2ccccc2-4)[n+](C)c1. The van der Waals surface area contributed by atoms with Gasteiger partial charge in [0.2, 0.25) is 34.2 Å². The van der Waals surface area contributed by atoms with Crippen molar-refractivity contribution in [2.75, 3.05) is 0 Å². The van der Waals surface area contributed by atoms with E-state index in [4.69, 9.17) is 63.8 Å². The van der Waals surface area contributed by atoms with E-state index < -0.39 is 108 Å². The van der Waals surface area contributed by atoms with Gasteiger partial charge in [-0.15, -0.1) is 0 Å². The van der Waals surface area contributed by atoms with Crippen molar-refractivity contribution in [2.24, 2.45) is 44.7 Å². The Labute approximate surface area is 650 Å². The van der Waals surface area contributed by atoms with E-state index in [1.807, 2.05) is 49.9 Å². The summed E-state index contributed by atoms with van der Waals surface area (Å²) >= 11 is 0. The molecule has 3 aliphatic rings. The van der Waals surface area contributed by atoms with Crippen molar-refractivity contribution < 1.29 is 70.8 Å². The van der Waals surface area contributed by atoms with Crippen molar-refractivity contribution in [3.05, 3.63) is 250 Å². The number of aromatic nitrogens is 6. The molecule has 0 aliphatic heterocycles. The maximum Gasteiger partial charge on any atom is 0.227 e. The molecule has 0 fully saturated rings. The van der Waals surface area contributed by atoms with Gasteiger partial charge in [0.1, 0.15) is 21.1 Å². The molecule has 9 aromatic heterocycles. The van der Waals surface area contributed by atoms with Gasteiger partial charge < -0.3 is 13.3 Å². The third-order valence-electron chi connectivity index (χ3n) is 20.9. The van der Waals surface area contributed by atoms with Crippen LogP contribution in [-0.4, -0.2) is 15.0 Å². The first-order chi connectivity index (χ1) is 62.0. The summed E-state index contributed by atoms with van der Waals surface area (Å²) in [6.45, 7) is -11.2. The first-order valence-corrected chi connectivity index (χ1v) is 33.9. The van der Waals surface area contributed by atoms with Crippen molar-refractivity contribution in [1.82, 2.24) is 15.0 Å². The van der Waals surface area contributed by atoms with E-state index in [9.17, 15) is 8.22 Å². The third kappa shape index (κ3) is 10.3. The van der Waals surface area contributed by atoms with Gasteiger partial charge in [0.25, 0.3) is 0 Å². The Morgan fingerprint density at radius 3 is 1.36 bits per heavy atom. The largest absolute Gasteiger partial charge is 0.437 e. The molecule has 9 nitrogen and oxygen atoms in total. The summed E-state index contributed by atoms with van der Waals surface area (Å²) in [7, 11) is 5.27. The predicted octanol–water partition coefficient (Wildman–Crippen LogP) is 22.5. The summed E-state index contributed by atoms with van der Waals surface area (Å²) in [5.74, 6) is -12.6. The Balaban J connectivity index is 0.000000150. The van der Waals surface area contributed by atoms with Gasteiger partial charge >= 0.3 is 0 Å². The molecule has 15 aromatic rings. The summed E-state index contributed by atoms with van der Waals surface area (Å²) in [5, 5.41) is 4.09. The van der Waals surface area contributed by atoms with E-state index in [1.165, 1.54) is 65.5 Å². The van der Waals surface area contributed by atoms with Gasteiger partial charge in [0.15, 0.2) is 35.3 Å². The Hall–Kier alpha value is -10.4. The van der Waals surface area contributed by atoms with Crippen molar-refractivity contribution in [2.45, 2.75) is 139 Å². The van der Waals surface area contributed by atoms with Crippen molar-refractivity contribution in [1.29, 1.82) is 0 Å². The third-order valence-corrected chi connectivity index (χ3v) is 20.9. The van der Waals surface area contributed by atoms with E-state index in [0.29, 0.717) is 66.5 Å². The molecular formula is C94H95N6O3+3. The number of aryl methyl sites for hydroxylation is 9. The van der Waals surface area contributed by atoms with Crippen LogP contribution in [0.15, 0.2) is 196 Å². The molecule has 9 heterocycles. The highest BCUT2D eigenvalue weighted by molar-refractivity contribution is 6.14. The lowest BCUT2D eigenvalue weighted by molar-refractivity contribution is -0.660. The molecule has 9 heteroatoms. The fraction of sp³-hybridized carbons (Fsp3) is 0.298. The van der Waals surface area contributed by atoms with Gasteiger partial charge in [0.05, 0.1) is 33.5 Å². The van der Waals surface area contributed by atoms with Crippen LogP contribution >= 0.6 is 0 Å². The van der Waals surface area contributed by atoms with Crippen molar-refractivity contribution >= 4 is 66.2 Å². The first-order valence-electron chi connectivity index (χ1n) is 49.9. The van der Waals surface area contributed by atoms with Crippen LogP contribution in [0, 0.1) is 64.9 Å². The van der Waals surface area contributed by atoms with Gasteiger partial charge in [-0.2, -0.15) is 0 Å². The first kappa shape index (κ1) is 39.9. The number of hydrogen-bond donors (Lipinski definition) is 0. The molecule has 0 bridgehead atoms. The molecule has 4 unspecified atom stereocenters. The second-order valence-electron chi connectivity index (χ2n) is 27.9. The lowest BCUT2D eigenvalue weighted by Gasteiger charge is -2.39. The fourth-order valence-corrected chi connectivity index (χ4v) is 16.4. The second-order valence-corrected chi connectivity index (χ2v) is 27.9. The molecule has 6 aromatic carbocycles. The second kappa shape index (κ2) is 24.7. The van der Waals surface area contributed by atoms with Crippen molar-refractivity contribution in [3.63, 3.8) is 0 Å². The van der Waals surface area contributed by atoms with Crippen molar-refractivity contribution in [3.8, 4) is 67.2 Å². The molecule has 103 heavy (non-hydrogen) atoms. The van der Waals surface area contributed by atoms with Crippen LogP contribution in [0.1, 0.15) is 193 Å². The van der Waals surface area contributed by atoms with Crippen LogP contribution in [0.5, 0.6) is 0 Å². The molecule has 0 radical (unpaired) electrons. The van der Waals surface area contributed by atoms with Crippen LogP contribution < -0.4 is 13.7 Å². The summed E-state index contributed by atoms with van der Waals surface area (Å²) in [4.78, 5) is 14.2. The lowest BCUT2D eigenvalue weighted by Crippen LogP contribution is -2.38. The number of hydrogen-bond acceptors (Lipinski definition) is 6. The molecule has 4 atom stereocenters. The minimum absolute atomic E-state index is 0.0840. The van der Waals surface area contributed by atoms with Crippen LogP contribution in [-0.2, 0) is 37.4 Å². The van der Waals surface area contributed by atoms with Gasteiger partial charge in [-0.25, -0.2) is 28.7 Å². The minimum Gasteiger partial charge on any atom is -0.437 e. The minimum atomic E-state index is -3.63. The molecule has 0 saturated carbocycles. The number of nitrogens with zero attached hydrogens (tertiary/aromatic N) is 6. The summed E-state index contributed by atoms with van der Waals surface area (Å²) in [6.07, 6.45) is -0.281. The molecule has 0 spiro atoms. The topological polar surface area (TPSA) is 89.7 Å². The molecule has 18 rings (SSSR count). The zero-order valence-corrected chi connectivity index (χ0v) is 58.7. The normalized spacial score (nSPS) is 23.8. The predicted molar refractivity (Wildman–Crippen MR) is 421 cm³/mol. The smallest absolute Gasteiger partial charge is 0.227 e. The van der Waals surface area contributed by atoms with E-state index in [2.05, 4.69) is 57.2 Å². The highest BCUT2D eigenvalue weighted by Crippen LogP contribution is 2.59. The maximum absolute atomic E-state index is 9.61. The molecule has 3 aliphatic carbocycles. The van der Waals surface area contributed by atoms with E-state index in [1.54, 1.807) is 96.2 Å². The summed E-state index contributed by atoms with van der Waals surface area (Å²) in [5.41, 5.74) is 8.09. The van der Waals surface area contributed by atoms with Crippen LogP contribution in [0.2, 0.25) is 0 Å². The molecule has 0 saturated heterocycles. The Bertz CT molecular complexity index is 7390. The monoisotopic (exact) mass is 1390 g/mol. The highest BCUT2D eigenvalue weighted by atomic mass is 16.3. The van der Waals surface area contributed by atoms with E-state index >= 15 is 0 Å². The Kier molecular flexibility index (Phi) is 9.55. The molecule has 0 N–H and O–H groups in total. The Morgan fingerprint density at radius 2 is 0.874 bits per heavy atom. The number of furan rings is 3. The summed E-state index contributed by atoms with van der Waals surface area (Å²) in [6, 6.07) is 45.2. The number of pyridine rings is 6. The fourth-order valence-electron chi connectivity index (χ4n) is 16.4.